The van der Waals surface area contributed by atoms with Gasteiger partial charge in [-0.1, -0.05) is 6.07 Å². The summed E-state index contributed by atoms with van der Waals surface area (Å²) in [5.41, 5.74) is 11.9. The van der Waals surface area contributed by atoms with Crippen molar-refractivity contribution in [2.45, 2.75) is 0 Å². The number of hydrogen-bond donors (Lipinski definition) is 3. The minimum absolute atomic E-state index is 0.0914. The molecule has 0 radical (unpaired) electrons. The standard InChI is InChI=1S/C14H11FN4O/c15-11-2-1-3-13(10(11)7-16)19-14(20)9-5-4-8(17)6-12(9)18/h1-6H,17-18H2,(H,19,20). The van der Waals surface area contributed by atoms with E-state index in [-0.39, 0.29) is 22.5 Å². The molecule has 2 aromatic carbocycles. The number of anilines is 3. The molecule has 0 aliphatic carbocycles. The highest BCUT2D eigenvalue weighted by Crippen LogP contribution is 2.21. The normalized spacial score (nSPS) is 9.80. The third-order valence-corrected chi connectivity index (χ3v) is 2.69. The Balaban J connectivity index is 2.33. The second-order valence-corrected chi connectivity index (χ2v) is 4.08. The summed E-state index contributed by atoms with van der Waals surface area (Å²) in [7, 11) is 0. The van der Waals surface area contributed by atoms with Crippen LogP contribution in [-0.4, -0.2) is 5.91 Å². The van der Waals surface area contributed by atoms with E-state index in [0.717, 1.165) is 6.07 Å². The Morgan fingerprint density at radius 2 is 2.00 bits per heavy atom. The average molecular weight is 270 g/mol. The Morgan fingerprint density at radius 1 is 1.25 bits per heavy atom. The van der Waals surface area contributed by atoms with Gasteiger partial charge in [-0.3, -0.25) is 4.79 Å². The molecule has 0 aliphatic heterocycles. The van der Waals surface area contributed by atoms with Crippen LogP contribution in [0.2, 0.25) is 0 Å². The molecule has 0 unspecified atom stereocenters. The zero-order valence-corrected chi connectivity index (χ0v) is 10.4. The molecule has 0 bridgehead atoms. The predicted octanol–water partition coefficient (Wildman–Crippen LogP) is 2.11. The number of hydrogen-bond acceptors (Lipinski definition) is 4. The van der Waals surface area contributed by atoms with Crippen molar-refractivity contribution in [1.29, 1.82) is 5.26 Å². The van der Waals surface area contributed by atoms with Crippen LogP contribution >= 0.6 is 0 Å². The van der Waals surface area contributed by atoms with Gasteiger partial charge in [0.15, 0.2) is 0 Å². The molecular formula is C14H11FN4O. The fourth-order valence-corrected chi connectivity index (χ4v) is 1.72. The SMILES string of the molecule is N#Cc1c(F)cccc1NC(=O)c1ccc(N)cc1N. The minimum Gasteiger partial charge on any atom is -0.399 e. The molecule has 5 N–H and O–H groups in total. The van der Waals surface area contributed by atoms with Gasteiger partial charge in [0.2, 0.25) is 0 Å². The second kappa shape index (κ2) is 5.28. The van der Waals surface area contributed by atoms with Crippen molar-refractivity contribution in [3.63, 3.8) is 0 Å². The smallest absolute Gasteiger partial charge is 0.257 e. The van der Waals surface area contributed by atoms with E-state index in [2.05, 4.69) is 5.32 Å². The Labute approximate surface area is 114 Å². The van der Waals surface area contributed by atoms with Crippen LogP contribution in [0.25, 0.3) is 0 Å². The minimum atomic E-state index is -0.699. The van der Waals surface area contributed by atoms with E-state index in [1.165, 1.54) is 30.3 Å². The van der Waals surface area contributed by atoms with E-state index in [9.17, 15) is 9.18 Å². The molecular weight excluding hydrogens is 259 g/mol. The number of nitrogens with zero attached hydrogens (tertiary/aromatic N) is 1. The van der Waals surface area contributed by atoms with Crippen LogP contribution in [0.4, 0.5) is 21.5 Å². The molecule has 2 aromatic rings. The fourth-order valence-electron chi connectivity index (χ4n) is 1.72. The van der Waals surface area contributed by atoms with Crippen LogP contribution < -0.4 is 16.8 Å². The Bertz CT molecular complexity index is 722. The first-order valence-electron chi connectivity index (χ1n) is 5.68. The number of nitrogens with two attached hydrogens (primary N) is 2. The van der Waals surface area contributed by atoms with Crippen molar-refractivity contribution in [3.05, 3.63) is 53.3 Å². The molecule has 0 spiro atoms. The fraction of sp³-hybridized carbons (Fsp3) is 0. The van der Waals surface area contributed by atoms with Gasteiger partial charge >= 0.3 is 0 Å². The molecule has 100 valence electrons. The molecule has 6 heteroatoms. The Morgan fingerprint density at radius 3 is 2.65 bits per heavy atom. The van der Waals surface area contributed by atoms with E-state index in [1.54, 1.807) is 6.07 Å². The van der Waals surface area contributed by atoms with Gasteiger partial charge in [-0.2, -0.15) is 5.26 Å². The van der Waals surface area contributed by atoms with Gasteiger partial charge < -0.3 is 16.8 Å². The van der Waals surface area contributed by atoms with E-state index in [4.69, 9.17) is 16.7 Å². The topological polar surface area (TPSA) is 105 Å². The molecule has 5 nitrogen and oxygen atoms in total. The Kier molecular flexibility index (Phi) is 3.53. The zero-order valence-electron chi connectivity index (χ0n) is 10.4. The summed E-state index contributed by atoms with van der Waals surface area (Å²) in [5, 5.41) is 11.3. The van der Waals surface area contributed by atoms with E-state index < -0.39 is 11.7 Å². The summed E-state index contributed by atoms with van der Waals surface area (Å²) >= 11 is 0. The summed E-state index contributed by atoms with van der Waals surface area (Å²) in [4.78, 5) is 12.1. The molecule has 1 amide bonds. The van der Waals surface area contributed by atoms with E-state index >= 15 is 0 Å². The quantitative estimate of drug-likeness (QED) is 0.727. The monoisotopic (exact) mass is 270 g/mol. The van der Waals surface area contributed by atoms with Gasteiger partial charge in [-0.15, -0.1) is 0 Å². The van der Waals surface area contributed by atoms with Crippen molar-refractivity contribution in [2.24, 2.45) is 0 Å². The van der Waals surface area contributed by atoms with Crippen molar-refractivity contribution < 1.29 is 9.18 Å². The van der Waals surface area contributed by atoms with Gasteiger partial charge in [-0.05, 0) is 30.3 Å². The highest BCUT2D eigenvalue weighted by molar-refractivity contribution is 6.08. The molecule has 0 saturated heterocycles. The van der Waals surface area contributed by atoms with Crippen molar-refractivity contribution in [1.82, 2.24) is 0 Å². The molecule has 0 fully saturated rings. The number of amides is 1. The lowest BCUT2D eigenvalue weighted by molar-refractivity contribution is 0.102. The van der Waals surface area contributed by atoms with Gasteiger partial charge in [0.05, 0.1) is 11.3 Å². The van der Waals surface area contributed by atoms with Crippen LogP contribution in [0.5, 0.6) is 0 Å². The molecule has 0 aromatic heterocycles. The molecule has 20 heavy (non-hydrogen) atoms. The number of halogens is 1. The van der Waals surface area contributed by atoms with Crippen LogP contribution in [-0.2, 0) is 0 Å². The summed E-state index contributed by atoms with van der Waals surface area (Å²) in [6.07, 6.45) is 0. The van der Waals surface area contributed by atoms with Crippen LogP contribution in [0, 0.1) is 17.1 Å². The lowest BCUT2D eigenvalue weighted by atomic mass is 10.1. The first-order valence-corrected chi connectivity index (χ1v) is 5.68. The first-order chi connectivity index (χ1) is 9.52. The maximum Gasteiger partial charge on any atom is 0.257 e. The summed E-state index contributed by atoms with van der Waals surface area (Å²) in [6.45, 7) is 0. The molecule has 0 atom stereocenters. The number of nitrogen functional groups attached to an aromatic ring is 2. The largest absolute Gasteiger partial charge is 0.399 e. The highest BCUT2D eigenvalue weighted by atomic mass is 19.1. The lowest BCUT2D eigenvalue weighted by Crippen LogP contribution is -2.15. The van der Waals surface area contributed by atoms with Crippen molar-refractivity contribution >= 4 is 23.0 Å². The number of nitrogens with one attached hydrogen (secondary N) is 1. The van der Waals surface area contributed by atoms with Gasteiger partial charge in [0.1, 0.15) is 17.4 Å². The predicted molar refractivity (Wildman–Crippen MR) is 74.3 cm³/mol. The molecule has 0 saturated carbocycles. The number of nitriles is 1. The maximum absolute atomic E-state index is 13.4. The number of benzene rings is 2. The van der Waals surface area contributed by atoms with Crippen LogP contribution in [0.15, 0.2) is 36.4 Å². The second-order valence-electron chi connectivity index (χ2n) is 4.08. The average Bonchev–Trinajstić information content (AvgIpc) is 2.38. The molecule has 0 aliphatic rings. The lowest BCUT2D eigenvalue weighted by Gasteiger charge is -2.09. The summed E-state index contributed by atoms with van der Waals surface area (Å²) in [5.74, 6) is -1.24. The van der Waals surface area contributed by atoms with Crippen molar-refractivity contribution in [2.75, 3.05) is 16.8 Å². The first kappa shape index (κ1) is 13.4. The summed E-state index contributed by atoms with van der Waals surface area (Å²) < 4.78 is 13.4. The molecule has 2 rings (SSSR count). The number of carbonyl (C=O) groups excluding carboxylic acids is 1. The Hall–Kier alpha value is -3.07. The van der Waals surface area contributed by atoms with Gasteiger partial charge in [0, 0.05) is 11.4 Å². The summed E-state index contributed by atoms with van der Waals surface area (Å²) in [6, 6.07) is 10.1. The third-order valence-electron chi connectivity index (χ3n) is 2.69. The molecule has 0 heterocycles. The van der Waals surface area contributed by atoms with Crippen LogP contribution in [0.1, 0.15) is 15.9 Å². The maximum atomic E-state index is 13.4. The highest BCUT2D eigenvalue weighted by Gasteiger charge is 2.14. The van der Waals surface area contributed by atoms with E-state index in [1.807, 2.05) is 0 Å². The van der Waals surface area contributed by atoms with Gasteiger partial charge in [0.25, 0.3) is 5.91 Å². The number of carbonyl (C=O) groups is 1. The van der Waals surface area contributed by atoms with Crippen molar-refractivity contribution in [3.8, 4) is 6.07 Å². The number of rotatable bonds is 2. The third kappa shape index (κ3) is 2.52. The van der Waals surface area contributed by atoms with E-state index in [0.29, 0.717) is 5.69 Å². The van der Waals surface area contributed by atoms with Gasteiger partial charge in [-0.25, -0.2) is 4.39 Å². The van der Waals surface area contributed by atoms with Crippen LogP contribution in [0.3, 0.4) is 0 Å². The zero-order chi connectivity index (χ0) is 14.7.